The van der Waals surface area contributed by atoms with Crippen LogP contribution in [0.1, 0.15) is 51.7 Å². The number of esters is 4. The molecule has 0 radical (unpaired) electrons. The van der Waals surface area contributed by atoms with E-state index in [1.807, 2.05) is 48.5 Å². The lowest BCUT2D eigenvalue weighted by Gasteiger charge is -2.43. The van der Waals surface area contributed by atoms with E-state index in [2.05, 4.69) is 16.0 Å². The third kappa shape index (κ3) is 12.2. The third-order valence-corrected chi connectivity index (χ3v) is 9.03. The summed E-state index contributed by atoms with van der Waals surface area (Å²) in [6.07, 6.45) is -9.71. The van der Waals surface area contributed by atoms with Gasteiger partial charge in [-0.05, 0) is 28.2 Å². The molecule has 59 heavy (non-hydrogen) atoms. The van der Waals surface area contributed by atoms with E-state index in [-0.39, 0.29) is 12.5 Å². The molecule has 20 nitrogen and oxygen atoms in total. The van der Waals surface area contributed by atoms with Gasteiger partial charge in [0, 0.05) is 26.7 Å². The largest absolute Gasteiger partial charge is 0.480 e. The Labute approximate surface area is 338 Å². The maximum absolute atomic E-state index is 13.8. The second-order valence-electron chi connectivity index (χ2n) is 13.7. The van der Waals surface area contributed by atoms with E-state index < -0.39 is 116 Å². The second kappa shape index (κ2) is 21.0. The molecule has 0 saturated carbocycles. The Balaban J connectivity index is 1.54. The number of alkyl carbamates (subject to hydrolysis) is 1. The molecule has 1 fully saturated rings. The Morgan fingerprint density at radius 3 is 1.86 bits per heavy atom. The minimum Gasteiger partial charge on any atom is -0.480 e. The van der Waals surface area contributed by atoms with Crippen molar-refractivity contribution in [2.75, 3.05) is 33.7 Å². The minimum atomic E-state index is -1.84. The maximum atomic E-state index is 13.8. The van der Waals surface area contributed by atoms with E-state index in [0.717, 1.165) is 50.1 Å². The smallest absolute Gasteiger partial charge is 0.407 e. The zero-order valence-electron chi connectivity index (χ0n) is 33.1. The Morgan fingerprint density at radius 2 is 1.32 bits per heavy atom. The van der Waals surface area contributed by atoms with Gasteiger partial charge in [0.1, 0.15) is 32.0 Å². The number of benzene rings is 2. The lowest BCUT2D eigenvalue weighted by Crippen LogP contribution is -2.64. The summed E-state index contributed by atoms with van der Waals surface area (Å²) in [6, 6.07) is 12.5. The molecule has 2 aromatic rings. The number of ether oxygens (including phenoxy) is 8. The number of carboxylic acid groups (broad SMARTS) is 1. The number of hydrogen-bond donors (Lipinski definition) is 4. The van der Waals surface area contributed by atoms with E-state index in [0.29, 0.717) is 0 Å². The van der Waals surface area contributed by atoms with Crippen molar-refractivity contribution in [3.63, 3.8) is 0 Å². The van der Waals surface area contributed by atoms with Crippen LogP contribution in [0.25, 0.3) is 11.1 Å². The molecular weight excluding hydrogens is 782 g/mol. The molecule has 7 atom stereocenters. The van der Waals surface area contributed by atoms with Gasteiger partial charge in [0.05, 0.1) is 13.7 Å². The molecule has 1 aliphatic heterocycles. The molecular formula is C39H47N3O17. The van der Waals surface area contributed by atoms with Gasteiger partial charge in [0.2, 0.25) is 11.8 Å². The van der Waals surface area contributed by atoms with Crippen LogP contribution >= 0.6 is 0 Å². The number of methoxy groups -OCH3 is 1. The van der Waals surface area contributed by atoms with Crippen molar-refractivity contribution in [3.8, 4) is 11.1 Å². The van der Waals surface area contributed by atoms with Crippen LogP contribution in [0.3, 0.4) is 0 Å². The number of carbonyl (C=O) groups is 8. The number of rotatable bonds is 18. The van der Waals surface area contributed by atoms with Crippen molar-refractivity contribution in [3.05, 3.63) is 59.7 Å². The molecule has 2 aliphatic rings. The Kier molecular flexibility index (Phi) is 16.3. The number of aliphatic carboxylic acids is 1. The summed E-state index contributed by atoms with van der Waals surface area (Å²) < 4.78 is 42.8. The van der Waals surface area contributed by atoms with E-state index in [9.17, 15) is 38.4 Å². The number of carbonyl (C=O) groups excluding carboxylic acids is 7. The highest BCUT2D eigenvalue weighted by molar-refractivity contribution is 5.91. The van der Waals surface area contributed by atoms with Crippen molar-refractivity contribution in [2.45, 2.75) is 83.3 Å². The highest BCUT2D eigenvalue weighted by Gasteiger charge is 2.55. The predicted molar refractivity (Wildman–Crippen MR) is 199 cm³/mol. The van der Waals surface area contributed by atoms with Crippen molar-refractivity contribution in [2.24, 2.45) is 5.92 Å². The molecule has 0 unspecified atom stereocenters. The summed E-state index contributed by atoms with van der Waals surface area (Å²) >= 11 is 0. The summed E-state index contributed by atoms with van der Waals surface area (Å²) in [5, 5.41) is 16.2. The van der Waals surface area contributed by atoms with Gasteiger partial charge in [0.25, 0.3) is 0 Å². The lowest BCUT2D eigenvalue weighted by atomic mass is 9.97. The summed E-state index contributed by atoms with van der Waals surface area (Å²) in [4.78, 5) is 101. The molecule has 1 heterocycles. The van der Waals surface area contributed by atoms with Gasteiger partial charge < -0.3 is 59.0 Å². The number of hydrogen-bond acceptors (Lipinski definition) is 16. The van der Waals surface area contributed by atoms with Crippen LogP contribution in [-0.2, 0) is 71.5 Å². The average Bonchev–Trinajstić information content (AvgIpc) is 3.50. The van der Waals surface area contributed by atoms with Crippen molar-refractivity contribution >= 4 is 47.8 Å². The van der Waals surface area contributed by atoms with E-state index in [4.69, 9.17) is 43.0 Å². The fourth-order valence-electron chi connectivity index (χ4n) is 6.54. The molecule has 1 aliphatic carbocycles. The molecule has 0 spiro atoms. The molecule has 320 valence electrons. The molecule has 3 amide bonds. The van der Waals surface area contributed by atoms with Gasteiger partial charge in [0.15, 0.2) is 30.7 Å². The van der Waals surface area contributed by atoms with Gasteiger partial charge in [-0.1, -0.05) is 62.4 Å². The highest BCUT2D eigenvalue weighted by atomic mass is 16.7. The minimum absolute atomic E-state index is 0.0500. The Hall–Kier alpha value is -6.12. The van der Waals surface area contributed by atoms with Gasteiger partial charge in [-0.25, -0.2) is 14.4 Å². The highest BCUT2D eigenvalue weighted by Crippen LogP contribution is 2.44. The molecule has 20 heteroatoms. The van der Waals surface area contributed by atoms with Gasteiger partial charge in [-0.2, -0.15) is 0 Å². The summed E-state index contributed by atoms with van der Waals surface area (Å²) in [6.45, 7) is 3.99. The van der Waals surface area contributed by atoms with Crippen LogP contribution in [0.4, 0.5) is 4.79 Å². The van der Waals surface area contributed by atoms with Crippen molar-refractivity contribution < 1.29 is 81.4 Å². The first kappa shape index (κ1) is 45.6. The number of nitrogens with one attached hydrogen (secondary N) is 3. The first-order valence-electron chi connectivity index (χ1n) is 18.4. The van der Waals surface area contributed by atoms with Crippen molar-refractivity contribution in [1.29, 1.82) is 0 Å². The SMILES string of the molecule is COC(=O)[C@H]1O[C@@H](OC[C@H](NC(=O)[C@@H](NC(=O)OCC2c3ccccc3-c3ccccc32)C(C)C)C(=O)NCOCC(=O)O)[C@H](OC(C)=O)[C@@H](OC(C)=O)[C@@H]1OC(C)=O. The van der Waals surface area contributed by atoms with Gasteiger partial charge in [-0.3, -0.25) is 24.0 Å². The Morgan fingerprint density at radius 1 is 0.763 bits per heavy atom. The maximum Gasteiger partial charge on any atom is 0.407 e. The number of amides is 3. The topological polar surface area (TPSA) is 267 Å². The molecule has 1 saturated heterocycles. The van der Waals surface area contributed by atoms with E-state index in [1.54, 1.807) is 13.8 Å². The fraction of sp³-hybridized carbons (Fsp3) is 0.487. The van der Waals surface area contributed by atoms with Crippen LogP contribution in [0.5, 0.6) is 0 Å². The van der Waals surface area contributed by atoms with Crippen LogP contribution in [0.2, 0.25) is 0 Å². The zero-order chi connectivity index (χ0) is 43.4. The number of fused-ring (bicyclic) bond motifs is 3. The van der Waals surface area contributed by atoms with Gasteiger partial charge >= 0.3 is 35.9 Å². The standard InChI is InChI=1S/C39H47N3O17/c1-19(2)30(42-39(51)55-15-27-25-13-9-7-11-23(25)24-12-8-10-14-26(24)27)36(49)41-28(35(48)40-18-53-17-29(46)47)16-54-38-34(58-22(5)45)32(57-21(4)44)31(56-20(3)43)33(59-38)37(50)52-6/h7-14,19,27-28,30-34,38H,15-18H2,1-6H3,(H,40,48)(H,41,49)(H,42,51)(H,46,47)/t28-,30-,31-,32-,33-,34+,38+/m0/s1. The molecule has 0 aromatic heterocycles. The number of carboxylic acids is 1. The van der Waals surface area contributed by atoms with E-state index >= 15 is 0 Å². The van der Waals surface area contributed by atoms with Crippen LogP contribution in [0.15, 0.2) is 48.5 Å². The summed E-state index contributed by atoms with van der Waals surface area (Å²) in [5.41, 5.74) is 3.97. The summed E-state index contributed by atoms with van der Waals surface area (Å²) in [5.74, 6) is -7.96. The third-order valence-electron chi connectivity index (χ3n) is 9.03. The van der Waals surface area contributed by atoms with Crippen LogP contribution < -0.4 is 16.0 Å². The molecule has 0 bridgehead atoms. The first-order valence-corrected chi connectivity index (χ1v) is 18.4. The normalized spacial score (nSPS) is 20.4. The molecule has 2 aromatic carbocycles. The first-order chi connectivity index (χ1) is 28.0. The zero-order valence-corrected chi connectivity index (χ0v) is 33.1. The second-order valence-corrected chi connectivity index (χ2v) is 13.7. The quantitative estimate of drug-likeness (QED) is 0.0704. The van der Waals surface area contributed by atoms with Crippen molar-refractivity contribution in [1.82, 2.24) is 16.0 Å². The van der Waals surface area contributed by atoms with Gasteiger partial charge in [-0.15, -0.1) is 0 Å². The predicted octanol–water partition coefficient (Wildman–Crippen LogP) is 0.919. The summed E-state index contributed by atoms with van der Waals surface area (Å²) in [7, 11) is 0.995. The van der Waals surface area contributed by atoms with E-state index in [1.165, 1.54) is 0 Å². The molecule has 4 N–H and O–H groups in total. The van der Waals surface area contributed by atoms with Crippen LogP contribution in [0, 0.1) is 5.92 Å². The monoisotopic (exact) mass is 829 g/mol. The lowest BCUT2D eigenvalue weighted by molar-refractivity contribution is -0.302. The average molecular weight is 830 g/mol. The molecule has 4 rings (SSSR count). The Bertz CT molecular complexity index is 1840. The van der Waals surface area contributed by atoms with Crippen LogP contribution in [-0.4, -0.2) is 129 Å². The fourth-order valence-corrected chi connectivity index (χ4v) is 6.54.